The van der Waals surface area contributed by atoms with Gasteiger partial charge in [0.05, 0.1) is 0 Å². The number of rotatable bonds is 3. The molecule has 1 saturated heterocycles. The minimum absolute atomic E-state index is 0.489. The zero-order chi connectivity index (χ0) is 15.1. The summed E-state index contributed by atoms with van der Waals surface area (Å²) >= 11 is 4.01. The fraction of sp³-hybridized carbons (Fsp3) is 0.400. The Morgan fingerprint density at radius 1 is 1.00 bits per heavy atom. The Bertz CT molecular complexity index is 627. The first kappa shape index (κ1) is 14.5. The molecule has 0 amide bonds. The van der Waals surface area contributed by atoms with Gasteiger partial charge in [0.2, 0.25) is 0 Å². The fourth-order valence-electron chi connectivity index (χ4n) is 4.45. The Morgan fingerprint density at radius 2 is 1.64 bits per heavy atom. The molecule has 0 aromatic heterocycles. The van der Waals surface area contributed by atoms with Crippen molar-refractivity contribution in [3.8, 4) is 0 Å². The lowest BCUT2D eigenvalue weighted by Crippen LogP contribution is -2.40. The highest BCUT2D eigenvalue weighted by molar-refractivity contribution is 9.09. The van der Waals surface area contributed by atoms with Crippen molar-refractivity contribution in [2.24, 2.45) is 5.92 Å². The molecule has 4 rings (SSSR count). The number of halogens is 1. The molecule has 1 aliphatic heterocycles. The second kappa shape index (κ2) is 5.82. The highest BCUT2D eigenvalue weighted by atomic mass is 79.9. The molecule has 0 N–H and O–H groups in total. The van der Waals surface area contributed by atoms with Gasteiger partial charge in [-0.1, -0.05) is 76.6 Å². The summed E-state index contributed by atoms with van der Waals surface area (Å²) in [4.78, 5) is 3.35. The van der Waals surface area contributed by atoms with Crippen LogP contribution < -0.4 is 0 Å². The van der Waals surface area contributed by atoms with Crippen LogP contribution in [0.15, 0.2) is 60.7 Å². The van der Waals surface area contributed by atoms with Crippen LogP contribution in [0.3, 0.4) is 0 Å². The quantitative estimate of drug-likeness (QED) is 0.700. The van der Waals surface area contributed by atoms with Crippen molar-refractivity contribution < 1.29 is 0 Å². The van der Waals surface area contributed by atoms with Gasteiger partial charge in [-0.2, -0.15) is 0 Å². The highest BCUT2D eigenvalue weighted by Crippen LogP contribution is 2.52. The van der Waals surface area contributed by atoms with E-state index in [2.05, 4.69) is 88.4 Å². The van der Waals surface area contributed by atoms with Gasteiger partial charge in [0, 0.05) is 29.4 Å². The molecule has 2 aliphatic rings. The fourth-order valence-corrected chi connectivity index (χ4v) is 5.51. The number of fused-ring (bicyclic) bond motifs is 2. The monoisotopic (exact) mass is 355 g/mol. The van der Waals surface area contributed by atoms with E-state index in [0.29, 0.717) is 22.8 Å². The molecule has 2 heteroatoms. The maximum atomic E-state index is 4.01. The summed E-state index contributed by atoms with van der Waals surface area (Å²) in [5.74, 6) is 1.44. The molecule has 1 aliphatic carbocycles. The van der Waals surface area contributed by atoms with E-state index in [0.717, 1.165) is 5.92 Å². The van der Waals surface area contributed by atoms with Gasteiger partial charge in [0.1, 0.15) is 0 Å². The van der Waals surface area contributed by atoms with Crippen LogP contribution in [0.2, 0.25) is 0 Å². The first-order valence-corrected chi connectivity index (χ1v) is 9.17. The van der Waals surface area contributed by atoms with E-state index in [1.54, 1.807) is 0 Å². The number of alkyl halides is 1. The third-order valence-corrected chi connectivity index (χ3v) is 6.87. The van der Waals surface area contributed by atoms with E-state index in [4.69, 9.17) is 0 Å². The first-order chi connectivity index (χ1) is 10.8. The molecular weight excluding hydrogens is 334 g/mol. The Kier molecular flexibility index (Phi) is 3.83. The number of benzene rings is 2. The van der Waals surface area contributed by atoms with Crippen LogP contribution in [0, 0.1) is 5.92 Å². The van der Waals surface area contributed by atoms with E-state index in [-0.39, 0.29) is 0 Å². The van der Waals surface area contributed by atoms with E-state index < -0.39 is 0 Å². The topological polar surface area (TPSA) is 3.24 Å². The molecule has 2 bridgehead atoms. The SMILES string of the molecule is C[C@@H](c1ccccc1)N1C[C@H]2C[C@H](c3ccccc3)[C@@H]1[C@@H]2Br. The van der Waals surface area contributed by atoms with Gasteiger partial charge in [-0.25, -0.2) is 0 Å². The summed E-state index contributed by atoms with van der Waals surface area (Å²) in [6, 6.07) is 23.1. The molecule has 0 spiro atoms. The summed E-state index contributed by atoms with van der Waals surface area (Å²) in [5, 5.41) is 0. The van der Waals surface area contributed by atoms with E-state index in [1.165, 1.54) is 24.1 Å². The van der Waals surface area contributed by atoms with Gasteiger partial charge in [-0.15, -0.1) is 0 Å². The Morgan fingerprint density at radius 3 is 2.27 bits per heavy atom. The van der Waals surface area contributed by atoms with Crippen LogP contribution in [0.4, 0.5) is 0 Å². The zero-order valence-electron chi connectivity index (χ0n) is 12.9. The summed E-state index contributed by atoms with van der Waals surface area (Å²) in [7, 11) is 0. The van der Waals surface area contributed by atoms with Crippen molar-refractivity contribution in [3.05, 3.63) is 71.8 Å². The van der Waals surface area contributed by atoms with E-state index in [9.17, 15) is 0 Å². The van der Waals surface area contributed by atoms with Gasteiger partial charge in [-0.3, -0.25) is 4.90 Å². The Hall–Kier alpha value is -1.12. The molecule has 114 valence electrons. The first-order valence-electron chi connectivity index (χ1n) is 8.25. The van der Waals surface area contributed by atoms with Crippen molar-refractivity contribution in [1.82, 2.24) is 4.90 Å². The second-order valence-corrected chi connectivity index (χ2v) is 7.79. The third-order valence-electron chi connectivity index (χ3n) is 5.58. The van der Waals surface area contributed by atoms with E-state index in [1.807, 2.05) is 0 Å². The molecule has 1 saturated carbocycles. The lowest BCUT2D eigenvalue weighted by molar-refractivity contribution is 0.143. The van der Waals surface area contributed by atoms with Gasteiger partial charge in [-0.05, 0) is 30.4 Å². The minimum Gasteiger partial charge on any atom is -0.292 e. The summed E-state index contributed by atoms with van der Waals surface area (Å²) in [5.41, 5.74) is 2.94. The van der Waals surface area contributed by atoms with E-state index >= 15 is 0 Å². The summed E-state index contributed by atoms with van der Waals surface area (Å²) < 4.78 is 0. The molecule has 2 fully saturated rings. The maximum Gasteiger partial charge on any atom is 0.0348 e. The predicted molar refractivity (Wildman–Crippen MR) is 95.4 cm³/mol. The van der Waals surface area contributed by atoms with Gasteiger partial charge < -0.3 is 0 Å². The van der Waals surface area contributed by atoms with Crippen molar-refractivity contribution in [3.63, 3.8) is 0 Å². The number of hydrogen-bond acceptors (Lipinski definition) is 1. The Labute approximate surface area is 141 Å². The highest BCUT2D eigenvalue weighted by Gasteiger charge is 2.52. The predicted octanol–water partition coefficient (Wildman–Crippen LogP) is 5.00. The minimum atomic E-state index is 0.489. The van der Waals surface area contributed by atoms with Crippen molar-refractivity contribution in [2.45, 2.75) is 36.2 Å². The average Bonchev–Trinajstić information content (AvgIpc) is 3.08. The van der Waals surface area contributed by atoms with Gasteiger partial charge in [0.25, 0.3) is 0 Å². The molecule has 2 aromatic carbocycles. The van der Waals surface area contributed by atoms with Crippen molar-refractivity contribution >= 4 is 15.9 Å². The molecule has 0 unspecified atom stereocenters. The maximum absolute atomic E-state index is 4.01. The van der Waals surface area contributed by atoms with Crippen molar-refractivity contribution in [2.75, 3.05) is 6.54 Å². The lowest BCUT2D eigenvalue weighted by atomic mass is 9.89. The zero-order valence-corrected chi connectivity index (χ0v) is 14.5. The lowest BCUT2D eigenvalue weighted by Gasteiger charge is -2.38. The number of nitrogens with zero attached hydrogens (tertiary/aromatic N) is 1. The standard InChI is InChI=1S/C20H22BrN/c1-14(15-8-4-2-5-9-15)22-13-17-12-18(20(22)19(17)21)16-10-6-3-7-11-16/h2-11,14,17-20H,12-13H2,1H3/t14-,17+,18+,19+,20+/m0/s1. The molecular formula is C20H22BrN. The molecule has 1 heterocycles. The molecule has 1 nitrogen and oxygen atoms in total. The van der Waals surface area contributed by atoms with Crippen LogP contribution >= 0.6 is 15.9 Å². The number of hydrogen-bond donors (Lipinski definition) is 0. The van der Waals surface area contributed by atoms with Gasteiger partial charge >= 0.3 is 0 Å². The second-order valence-electron chi connectivity index (χ2n) is 6.73. The van der Waals surface area contributed by atoms with Crippen molar-refractivity contribution in [1.29, 1.82) is 0 Å². The molecule has 2 aromatic rings. The smallest absolute Gasteiger partial charge is 0.0348 e. The summed E-state index contributed by atoms with van der Waals surface area (Å²) in [6.07, 6.45) is 1.32. The van der Waals surface area contributed by atoms with Gasteiger partial charge in [0.15, 0.2) is 0 Å². The van der Waals surface area contributed by atoms with Crippen LogP contribution in [0.5, 0.6) is 0 Å². The number of likely N-dealkylation sites (tertiary alicyclic amines) is 1. The average molecular weight is 356 g/mol. The molecule has 5 atom stereocenters. The van der Waals surface area contributed by atoms with Crippen LogP contribution in [0.1, 0.15) is 36.4 Å². The normalized spacial score (nSPS) is 32.3. The number of piperidine rings is 1. The largest absolute Gasteiger partial charge is 0.292 e. The molecule has 22 heavy (non-hydrogen) atoms. The molecule has 0 radical (unpaired) electrons. The van der Waals surface area contributed by atoms with Crippen LogP contribution in [-0.4, -0.2) is 22.3 Å². The van der Waals surface area contributed by atoms with Crippen LogP contribution in [0.25, 0.3) is 0 Å². The Balaban J connectivity index is 1.63. The van der Waals surface area contributed by atoms with Crippen LogP contribution in [-0.2, 0) is 0 Å². The summed E-state index contributed by atoms with van der Waals surface area (Å²) in [6.45, 7) is 3.58. The third kappa shape index (κ3) is 2.33.